The van der Waals surface area contributed by atoms with Crippen molar-refractivity contribution in [1.82, 2.24) is 0 Å². The van der Waals surface area contributed by atoms with Gasteiger partial charge in [-0.25, -0.2) is 4.79 Å². The van der Waals surface area contributed by atoms with E-state index < -0.39 is 0 Å². The lowest BCUT2D eigenvalue weighted by Gasteiger charge is -2.22. The first-order valence-corrected chi connectivity index (χ1v) is 6.51. The van der Waals surface area contributed by atoms with E-state index in [2.05, 4.69) is 4.74 Å². The largest absolute Gasteiger partial charge is 0.490 e. The Labute approximate surface area is 99.4 Å². The molecule has 3 nitrogen and oxygen atoms in total. The van der Waals surface area contributed by atoms with Gasteiger partial charge in [0.2, 0.25) is 0 Å². The Morgan fingerprint density at radius 3 is 2.81 bits per heavy atom. The van der Waals surface area contributed by atoms with Gasteiger partial charge in [-0.3, -0.25) is 0 Å². The average molecular weight is 240 g/mol. The highest BCUT2D eigenvalue weighted by atomic mass is 32.1. The highest BCUT2D eigenvalue weighted by Crippen LogP contribution is 2.27. The average Bonchev–Trinajstić information content (AvgIpc) is 2.78. The van der Waals surface area contributed by atoms with Crippen LogP contribution in [0.3, 0.4) is 0 Å². The Balaban J connectivity index is 1.94. The van der Waals surface area contributed by atoms with Crippen LogP contribution < -0.4 is 4.74 Å². The minimum atomic E-state index is -0.288. The molecule has 1 aromatic rings. The summed E-state index contributed by atoms with van der Waals surface area (Å²) in [6.45, 7) is 0. The van der Waals surface area contributed by atoms with Gasteiger partial charge in [-0.2, -0.15) is 0 Å². The predicted molar refractivity (Wildman–Crippen MR) is 63.2 cm³/mol. The van der Waals surface area contributed by atoms with Gasteiger partial charge < -0.3 is 9.47 Å². The Morgan fingerprint density at radius 1 is 1.38 bits per heavy atom. The summed E-state index contributed by atoms with van der Waals surface area (Å²) in [4.78, 5) is 11.9. The molecule has 1 aromatic heterocycles. The second-order valence-electron chi connectivity index (χ2n) is 4.02. The molecule has 1 fully saturated rings. The number of methoxy groups -OCH3 is 1. The van der Waals surface area contributed by atoms with Crippen LogP contribution in [-0.4, -0.2) is 19.2 Å². The highest BCUT2D eigenvalue weighted by molar-refractivity contribution is 7.12. The van der Waals surface area contributed by atoms with Gasteiger partial charge >= 0.3 is 5.97 Å². The van der Waals surface area contributed by atoms with Gasteiger partial charge in [0, 0.05) is 11.4 Å². The van der Waals surface area contributed by atoms with Crippen molar-refractivity contribution < 1.29 is 14.3 Å². The van der Waals surface area contributed by atoms with Crippen molar-refractivity contribution in [2.75, 3.05) is 7.11 Å². The molecule has 0 spiro atoms. The third kappa shape index (κ3) is 2.76. The summed E-state index contributed by atoms with van der Waals surface area (Å²) in [7, 11) is 1.39. The van der Waals surface area contributed by atoms with Crippen LogP contribution in [0.25, 0.3) is 0 Å². The molecule has 4 heteroatoms. The van der Waals surface area contributed by atoms with Crippen molar-refractivity contribution in [1.29, 1.82) is 0 Å². The summed E-state index contributed by atoms with van der Waals surface area (Å²) in [5, 5.41) is 1.88. The fourth-order valence-corrected chi connectivity index (χ4v) is 2.69. The van der Waals surface area contributed by atoms with Gasteiger partial charge in [0.15, 0.2) is 0 Å². The predicted octanol–water partition coefficient (Wildman–Crippen LogP) is 3.25. The van der Waals surface area contributed by atoms with E-state index in [4.69, 9.17) is 4.74 Å². The molecule has 0 amide bonds. The molecule has 1 aliphatic rings. The van der Waals surface area contributed by atoms with E-state index in [0.29, 0.717) is 11.0 Å². The van der Waals surface area contributed by atoms with Crippen LogP contribution in [0.4, 0.5) is 0 Å². The van der Waals surface area contributed by atoms with Gasteiger partial charge in [-0.05, 0) is 25.7 Å². The van der Waals surface area contributed by atoms with Gasteiger partial charge in [0.25, 0.3) is 0 Å². The molecule has 1 aliphatic carbocycles. The summed E-state index contributed by atoms with van der Waals surface area (Å²) in [5.41, 5.74) is 0. The topological polar surface area (TPSA) is 35.5 Å². The molecular formula is C12H16O3S. The second-order valence-corrected chi connectivity index (χ2v) is 4.93. The zero-order valence-electron chi connectivity index (χ0n) is 9.40. The molecule has 0 N–H and O–H groups in total. The zero-order chi connectivity index (χ0) is 11.4. The van der Waals surface area contributed by atoms with Crippen molar-refractivity contribution >= 4 is 17.3 Å². The fourth-order valence-electron chi connectivity index (χ4n) is 1.96. The third-order valence-electron chi connectivity index (χ3n) is 2.82. The van der Waals surface area contributed by atoms with Crippen molar-refractivity contribution in [3.05, 3.63) is 16.3 Å². The minimum absolute atomic E-state index is 0.288. The second kappa shape index (κ2) is 5.34. The van der Waals surface area contributed by atoms with Crippen LogP contribution in [-0.2, 0) is 4.74 Å². The van der Waals surface area contributed by atoms with Gasteiger partial charge in [-0.15, -0.1) is 11.3 Å². The summed E-state index contributed by atoms with van der Waals surface area (Å²) in [6.07, 6.45) is 6.40. The smallest absolute Gasteiger partial charge is 0.348 e. The Kier molecular flexibility index (Phi) is 3.83. The molecule has 0 unspecified atom stereocenters. The number of ether oxygens (including phenoxy) is 2. The number of carbonyl (C=O) groups is 1. The lowest BCUT2D eigenvalue weighted by atomic mass is 9.98. The van der Waals surface area contributed by atoms with Gasteiger partial charge in [-0.1, -0.05) is 6.42 Å². The van der Waals surface area contributed by atoms with Crippen LogP contribution in [0.15, 0.2) is 11.4 Å². The number of thiophene rings is 1. The molecule has 0 saturated heterocycles. The molecule has 16 heavy (non-hydrogen) atoms. The summed E-state index contributed by atoms with van der Waals surface area (Å²) >= 11 is 1.37. The van der Waals surface area contributed by atoms with Crippen LogP contribution in [0, 0.1) is 0 Å². The first-order chi connectivity index (χ1) is 7.79. The first kappa shape index (κ1) is 11.5. The summed E-state index contributed by atoms with van der Waals surface area (Å²) < 4.78 is 10.5. The van der Waals surface area contributed by atoms with E-state index in [1.807, 2.05) is 5.38 Å². The van der Waals surface area contributed by atoms with E-state index in [9.17, 15) is 4.79 Å². The molecule has 0 bridgehead atoms. The lowest BCUT2D eigenvalue weighted by molar-refractivity contribution is 0.0605. The SMILES string of the molecule is COC(=O)c1cc(OC2CCCCC2)cs1. The molecular weight excluding hydrogens is 224 g/mol. The molecule has 1 saturated carbocycles. The van der Waals surface area contributed by atoms with E-state index in [-0.39, 0.29) is 5.97 Å². The quantitative estimate of drug-likeness (QED) is 0.761. The van der Waals surface area contributed by atoms with Crippen molar-refractivity contribution in [3.8, 4) is 5.75 Å². The van der Waals surface area contributed by atoms with Gasteiger partial charge in [0.1, 0.15) is 10.6 Å². The van der Waals surface area contributed by atoms with Crippen molar-refractivity contribution in [3.63, 3.8) is 0 Å². The van der Waals surface area contributed by atoms with Crippen molar-refractivity contribution in [2.24, 2.45) is 0 Å². The van der Waals surface area contributed by atoms with Crippen molar-refractivity contribution in [2.45, 2.75) is 38.2 Å². The van der Waals surface area contributed by atoms with E-state index in [1.54, 1.807) is 6.07 Å². The molecule has 0 aromatic carbocycles. The molecule has 1 heterocycles. The van der Waals surface area contributed by atoms with E-state index in [1.165, 1.54) is 37.7 Å². The standard InChI is InChI=1S/C12H16O3S/c1-14-12(13)11-7-10(8-16-11)15-9-5-3-2-4-6-9/h7-9H,2-6H2,1H3. The number of esters is 1. The van der Waals surface area contributed by atoms with Gasteiger partial charge in [0.05, 0.1) is 13.2 Å². The summed E-state index contributed by atoms with van der Waals surface area (Å²) in [6, 6.07) is 1.77. The van der Waals surface area contributed by atoms with Crippen LogP contribution in [0.1, 0.15) is 41.8 Å². The fraction of sp³-hybridized carbons (Fsp3) is 0.583. The first-order valence-electron chi connectivity index (χ1n) is 5.63. The number of rotatable bonds is 3. The normalized spacial score (nSPS) is 17.1. The van der Waals surface area contributed by atoms with Crippen LogP contribution in [0.5, 0.6) is 5.75 Å². The number of hydrogen-bond donors (Lipinski definition) is 0. The molecule has 2 rings (SSSR count). The Hall–Kier alpha value is -1.03. The molecule has 0 atom stereocenters. The van der Waals surface area contributed by atoms with E-state index in [0.717, 1.165) is 18.6 Å². The maximum Gasteiger partial charge on any atom is 0.348 e. The lowest BCUT2D eigenvalue weighted by Crippen LogP contribution is -2.19. The number of carbonyl (C=O) groups excluding carboxylic acids is 1. The number of hydrogen-bond acceptors (Lipinski definition) is 4. The maximum atomic E-state index is 11.3. The van der Waals surface area contributed by atoms with Crippen LogP contribution >= 0.6 is 11.3 Å². The molecule has 0 aliphatic heterocycles. The molecule has 0 radical (unpaired) electrons. The Morgan fingerprint density at radius 2 is 2.12 bits per heavy atom. The monoisotopic (exact) mass is 240 g/mol. The summed E-state index contributed by atoms with van der Waals surface area (Å²) in [5.74, 6) is 0.515. The third-order valence-corrected chi connectivity index (χ3v) is 3.71. The zero-order valence-corrected chi connectivity index (χ0v) is 10.2. The maximum absolute atomic E-state index is 11.3. The van der Waals surface area contributed by atoms with Crippen LogP contribution in [0.2, 0.25) is 0 Å². The highest BCUT2D eigenvalue weighted by Gasteiger charge is 2.16. The molecule has 88 valence electrons. The van der Waals surface area contributed by atoms with E-state index >= 15 is 0 Å². The minimum Gasteiger partial charge on any atom is -0.490 e. The Bertz CT molecular complexity index is 353.